The molecule has 11 nitrogen and oxygen atoms in total. The zero-order chi connectivity index (χ0) is 28.0. The number of nitro benzene ring substituents is 1. The molecule has 0 aliphatic carbocycles. The Kier molecular flexibility index (Phi) is 7.87. The van der Waals surface area contributed by atoms with Gasteiger partial charge in [0.15, 0.2) is 0 Å². The third kappa shape index (κ3) is 6.37. The number of nitro groups is 1. The lowest BCUT2D eigenvalue weighted by atomic mass is 10.2. The van der Waals surface area contributed by atoms with Crippen LogP contribution in [-0.2, 0) is 10.0 Å². The molecule has 0 aromatic heterocycles. The van der Waals surface area contributed by atoms with Gasteiger partial charge in [-0.2, -0.15) is 4.31 Å². The Morgan fingerprint density at radius 2 is 1.26 bits per heavy atom. The second-order valence-electron chi connectivity index (χ2n) is 7.92. The molecular weight excluding hydrogens is 528 g/mol. The summed E-state index contributed by atoms with van der Waals surface area (Å²) in [6, 6.07) is 24.1. The summed E-state index contributed by atoms with van der Waals surface area (Å²) in [4.78, 5) is 35.4. The number of rotatable bonds is 7. The molecule has 12 heteroatoms. The van der Waals surface area contributed by atoms with Crippen molar-refractivity contribution in [2.45, 2.75) is 11.8 Å². The number of aryl methyl sites for hydroxylation is 1. The van der Waals surface area contributed by atoms with Crippen molar-refractivity contribution in [3.05, 3.63) is 119 Å². The van der Waals surface area contributed by atoms with E-state index < -0.39 is 37.8 Å². The van der Waals surface area contributed by atoms with Crippen LogP contribution < -0.4 is 18.5 Å². The minimum absolute atomic E-state index is 0.000528. The molecule has 39 heavy (non-hydrogen) atoms. The molecule has 0 aliphatic heterocycles. The van der Waals surface area contributed by atoms with E-state index in [4.69, 9.17) is 14.2 Å². The largest absolute Gasteiger partial charge is 0.519 e. The number of carbonyl (C=O) groups is 2. The van der Waals surface area contributed by atoms with E-state index in [0.29, 0.717) is 4.31 Å². The second-order valence-corrected chi connectivity index (χ2v) is 9.70. The van der Waals surface area contributed by atoms with Crippen LogP contribution in [0.25, 0.3) is 0 Å². The second kappa shape index (κ2) is 11.4. The van der Waals surface area contributed by atoms with Crippen LogP contribution in [-0.4, -0.2) is 25.6 Å². The molecule has 0 fully saturated rings. The topological polar surface area (TPSA) is 142 Å². The maximum absolute atomic E-state index is 13.6. The van der Waals surface area contributed by atoms with Crippen molar-refractivity contribution < 1.29 is 37.1 Å². The van der Waals surface area contributed by atoms with Gasteiger partial charge in [0, 0.05) is 11.6 Å². The summed E-state index contributed by atoms with van der Waals surface area (Å²) >= 11 is 0. The van der Waals surface area contributed by atoms with Crippen molar-refractivity contribution in [3.63, 3.8) is 0 Å². The molecule has 1 amide bonds. The first-order valence-electron chi connectivity index (χ1n) is 11.3. The van der Waals surface area contributed by atoms with Gasteiger partial charge in [-0.25, -0.2) is 18.0 Å². The number of anilines is 1. The highest BCUT2D eigenvalue weighted by molar-refractivity contribution is 7.93. The average molecular weight is 549 g/mol. The molecule has 4 aromatic carbocycles. The van der Waals surface area contributed by atoms with Gasteiger partial charge in [-0.05, 0) is 61.5 Å². The van der Waals surface area contributed by atoms with Crippen LogP contribution in [0.3, 0.4) is 0 Å². The molecule has 0 atom stereocenters. The summed E-state index contributed by atoms with van der Waals surface area (Å²) in [5.74, 6) is 0.327. The van der Waals surface area contributed by atoms with Gasteiger partial charge in [-0.3, -0.25) is 10.1 Å². The first-order valence-corrected chi connectivity index (χ1v) is 12.7. The normalized spacial score (nSPS) is 10.8. The van der Waals surface area contributed by atoms with Crippen LogP contribution in [0.4, 0.5) is 21.0 Å². The Labute approximate surface area is 223 Å². The predicted octanol–water partition coefficient (Wildman–Crippen LogP) is 5.88. The van der Waals surface area contributed by atoms with Crippen LogP contribution in [0.1, 0.15) is 5.56 Å². The van der Waals surface area contributed by atoms with E-state index in [9.17, 15) is 28.1 Å². The Bertz CT molecular complexity index is 1610. The number of amides is 1. The maximum Gasteiger partial charge on any atom is 0.519 e. The van der Waals surface area contributed by atoms with Gasteiger partial charge in [0.05, 0.1) is 15.5 Å². The molecule has 0 radical (unpaired) electrons. The van der Waals surface area contributed by atoms with Crippen molar-refractivity contribution in [2.75, 3.05) is 4.31 Å². The zero-order valence-electron chi connectivity index (χ0n) is 20.3. The number of hydrogen-bond acceptors (Lipinski definition) is 9. The number of ether oxygens (including phenoxy) is 3. The van der Waals surface area contributed by atoms with E-state index in [0.717, 1.165) is 12.1 Å². The minimum Gasteiger partial charge on any atom is -0.409 e. The smallest absolute Gasteiger partial charge is 0.409 e. The number of hydrogen-bond donors (Lipinski definition) is 0. The van der Waals surface area contributed by atoms with Crippen molar-refractivity contribution in [1.82, 2.24) is 0 Å². The first kappa shape index (κ1) is 26.8. The highest BCUT2D eigenvalue weighted by Crippen LogP contribution is 2.30. The monoisotopic (exact) mass is 548 g/mol. The van der Waals surface area contributed by atoms with E-state index in [1.165, 1.54) is 49.4 Å². The maximum atomic E-state index is 13.6. The van der Waals surface area contributed by atoms with Gasteiger partial charge >= 0.3 is 12.2 Å². The molecule has 4 aromatic rings. The van der Waals surface area contributed by atoms with Crippen LogP contribution >= 0.6 is 0 Å². The fourth-order valence-electron chi connectivity index (χ4n) is 3.38. The standard InChI is InChI=1S/C27H20N2O9S/c1-19-12-17-24(18-25(19)29(32)33)39(34,35)28(26(30)36-21-8-4-2-5-9-21)20-13-15-23(16-14-20)38-27(31)37-22-10-6-3-7-11-22/h2-18H,1H3. The number of benzene rings is 4. The average Bonchev–Trinajstić information content (AvgIpc) is 2.90. The highest BCUT2D eigenvalue weighted by atomic mass is 32.2. The quantitative estimate of drug-likeness (QED) is 0.120. The van der Waals surface area contributed by atoms with Crippen molar-refractivity contribution >= 4 is 33.6 Å². The van der Waals surface area contributed by atoms with Crippen molar-refractivity contribution in [1.29, 1.82) is 0 Å². The van der Waals surface area contributed by atoms with Gasteiger partial charge in [0.1, 0.15) is 17.2 Å². The fraction of sp³-hybridized carbons (Fsp3) is 0.0370. The summed E-state index contributed by atoms with van der Waals surface area (Å²) in [7, 11) is -4.70. The Hall–Kier alpha value is -5.23. The van der Waals surface area contributed by atoms with Gasteiger partial charge < -0.3 is 14.2 Å². The Morgan fingerprint density at radius 3 is 1.79 bits per heavy atom. The zero-order valence-corrected chi connectivity index (χ0v) is 21.1. The molecule has 0 N–H and O–H groups in total. The molecule has 0 spiro atoms. The van der Waals surface area contributed by atoms with E-state index in [2.05, 4.69) is 0 Å². The van der Waals surface area contributed by atoms with Crippen molar-refractivity contribution in [3.8, 4) is 17.2 Å². The van der Waals surface area contributed by atoms with E-state index in [-0.39, 0.29) is 28.5 Å². The molecule has 0 unspecified atom stereocenters. The SMILES string of the molecule is Cc1ccc(S(=O)(=O)N(C(=O)Oc2ccccc2)c2ccc(OC(=O)Oc3ccccc3)cc2)cc1[N+](=O)[O-]. The van der Waals surface area contributed by atoms with Crippen LogP contribution in [0.5, 0.6) is 17.2 Å². The number of carbonyl (C=O) groups excluding carboxylic acids is 2. The third-order valence-corrected chi connectivity index (χ3v) is 6.94. The van der Waals surface area contributed by atoms with Crippen LogP contribution in [0.2, 0.25) is 0 Å². The fourth-order valence-corrected chi connectivity index (χ4v) is 4.72. The van der Waals surface area contributed by atoms with Gasteiger partial charge in [-0.15, -0.1) is 0 Å². The van der Waals surface area contributed by atoms with Gasteiger partial charge in [-0.1, -0.05) is 42.5 Å². The van der Waals surface area contributed by atoms with E-state index >= 15 is 0 Å². The summed E-state index contributed by atoms with van der Waals surface area (Å²) in [6.45, 7) is 1.46. The molecule has 0 saturated heterocycles. The van der Waals surface area contributed by atoms with Crippen molar-refractivity contribution in [2.24, 2.45) is 0 Å². The lowest BCUT2D eigenvalue weighted by Gasteiger charge is -2.22. The lowest BCUT2D eigenvalue weighted by molar-refractivity contribution is -0.385. The first-order chi connectivity index (χ1) is 18.6. The molecular formula is C27H20N2O9S. The summed E-state index contributed by atoms with van der Waals surface area (Å²) < 4.78 is 43.0. The summed E-state index contributed by atoms with van der Waals surface area (Å²) in [5, 5.41) is 11.4. The minimum atomic E-state index is -4.70. The molecule has 0 heterocycles. The highest BCUT2D eigenvalue weighted by Gasteiger charge is 2.34. The number of para-hydroxylation sites is 2. The van der Waals surface area contributed by atoms with Gasteiger partial charge in [0.2, 0.25) is 0 Å². The van der Waals surface area contributed by atoms with Crippen LogP contribution in [0.15, 0.2) is 108 Å². The summed E-state index contributed by atoms with van der Waals surface area (Å²) in [5.41, 5.74) is -0.377. The van der Waals surface area contributed by atoms with E-state index in [1.54, 1.807) is 48.5 Å². The lowest BCUT2D eigenvalue weighted by Crippen LogP contribution is -2.39. The molecule has 4 rings (SSSR count). The Balaban J connectivity index is 1.66. The van der Waals surface area contributed by atoms with E-state index in [1.807, 2.05) is 0 Å². The Morgan fingerprint density at radius 1 is 0.744 bits per heavy atom. The summed E-state index contributed by atoms with van der Waals surface area (Å²) in [6.07, 6.45) is -2.32. The predicted molar refractivity (Wildman–Crippen MR) is 140 cm³/mol. The third-order valence-electron chi connectivity index (χ3n) is 5.25. The van der Waals surface area contributed by atoms with Crippen LogP contribution in [0, 0.1) is 17.0 Å². The molecule has 198 valence electrons. The molecule has 0 saturated carbocycles. The van der Waals surface area contributed by atoms with Gasteiger partial charge in [0.25, 0.3) is 15.7 Å². The number of nitrogens with zero attached hydrogens (tertiary/aromatic N) is 2. The number of sulfonamides is 1. The molecule has 0 bridgehead atoms. The molecule has 0 aliphatic rings.